The van der Waals surface area contributed by atoms with Gasteiger partial charge in [0.05, 0.1) is 12.7 Å². The molecule has 0 saturated carbocycles. The Kier molecular flexibility index (Phi) is 14.6. The third kappa shape index (κ3) is 10.1. The number of hydrogen-bond acceptors (Lipinski definition) is 5. The van der Waals surface area contributed by atoms with Crippen molar-refractivity contribution in [2.45, 2.75) is 79.1 Å². The topological polar surface area (TPSA) is 94.4 Å². The van der Waals surface area contributed by atoms with Gasteiger partial charge in [0.15, 0.2) is 0 Å². The van der Waals surface area contributed by atoms with Gasteiger partial charge in [-0.15, -0.1) is 0 Å². The normalized spacial score (nSPS) is 18.9. The molecule has 0 spiro atoms. The van der Waals surface area contributed by atoms with Crippen LogP contribution in [-0.4, -0.2) is 48.6 Å². The van der Waals surface area contributed by atoms with E-state index in [1.807, 2.05) is 64.1 Å². The van der Waals surface area contributed by atoms with Crippen molar-refractivity contribution < 1.29 is 14.6 Å². The number of benzene rings is 2. The zero-order valence-electron chi connectivity index (χ0n) is 22.9. The zero-order chi connectivity index (χ0) is 27.1. The SMILES string of the molecule is C=C(Cc1ccc(-c2ccc(C=N)c(C)c2)cc1)NC(=O)C1CNC(C)C(O)CO1.CC.CCCC. The number of ether oxygens (including phenoxy) is 1. The van der Waals surface area contributed by atoms with Crippen LogP contribution in [0.5, 0.6) is 0 Å². The molecule has 1 aliphatic heterocycles. The van der Waals surface area contributed by atoms with E-state index < -0.39 is 12.2 Å². The summed E-state index contributed by atoms with van der Waals surface area (Å²) >= 11 is 0. The third-order valence-corrected chi connectivity index (χ3v) is 5.89. The molecule has 2 aromatic carbocycles. The van der Waals surface area contributed by atoms with E-state index in [4.69, 9.17) is 10.1 Å². The van der Waals surface area contributed by atoms with Crippen molar-refractivity contribution in [2.24, 2.45) is 0 Å². The molecular formula is C30H45N3O3. The molecule has 3 rings (SSSR count). The minimum absolute atomic E-state index is 0.116. The van der Waals surface area contributed by atoms with E-state index in [2.05, 4.69) is 37.1 Å². The maximum absolute atomic E-state index is 12.5. The van der Waals surface area contributed by atoms with Gasteiger partial charge in [-0.25, -0.2) is 0 Å². The molecule has 1 aliphatic rings. The number of unbranched alkanes of at least 4 members (excludes halogenated alkanes) is 1. The van der Waals surface area contributed by atoms with Crippen LogP contribution in [0.4, 0.5) is 0 Å². The summed E-state index contributed by atoms with van der Waals surface area (Å²) in [6.45, 7) is 16.7. The quantitative estimate of drug-likeness (QED) is 0.387. The Balaban J connectivity index is 0.000000982. The van der Waals surface area contributed by atoms with Crippen LogP contribution in [0.1, 0.15) is 64.2 Å². The van der Waals surface area contributed by atoms with E-state index in [0.717, 1.165) is 27.8 Å². The van der Waals surface area contributed by atoms with Gasteiger partial charge in [-0.1, -0.05) is 89.6 Å². The first-order valence-electron chi connectivity index (χ1n) is 13.0. The van der Waals surface area contributed by atoms with E-state index in [9.17, 15) is 9.90 Å². The van der Waals surface area contributed by atoms with Crippen LogP contribution >= 0.6 is 0 Å². The second-order valence-corrected chi connectivity index (χ2v) is 8.77. The largest absolute Gasteiger partial charge is 0.389 e. The van der Waals surface area contributed by atoms with Gasteiger partial charge in [-0.05, 0) is 41.7 Å². The maximum atomic E-state index is 12.5. The first-order chi connectivity index (χ1) is 17.3. The highest BCUT2D eigenvalue weighted by Gasteiger charge is 2.27. The fourth-order valence-corrected chi connectivity index (χ4v) is 3.39. The van der Waals surface area contributed by atoms with Crippen LogP contribution in [0, 0.1) is 12.3 Å². The van der Waals surface area contributed by atoms with Crippen LogP contribution < -0.4 is 10.6 Å². The first kappa shape index (κ1) is 31.2. The second-order valence-electron chi connectivity index (χ2n) is 8.77. The summed E-state index contributed by atoms with van der Waals surface area (Å²) < 4.78 is 5.51. The van der Waals surface area contributed by atoms with E-state index >= 15 is 0 Å². The Morgan fingerprint density at radius 2 is 1.78 bits per heavy atom. The van der Waals surface area contributed by atoms with Gasteiger partial charge in [0.25, 0.3) is 5.91 Å². The summed E-state index contributed by atoms with van der Waals surface area (Å²) in [5.41, 5.74) is 5.82. The summed E-state index contributed by atoms with van der Waals surface area (Å²) in [5, 5.41) is 23.2. The van der Waals surface area contributed by atoms with Gasteiger partial charge in [0, 0.05) is 30.9 Å². The van der Waals surface area contributed by atoms with Crippen molar-refractivity contribution in [1.82, 2.24) is 10.6 Å². The molecular weight excluding hydrogens is 450 g/mol. The molecule has 4 N–H and O–H groups in total. The highest BCUT2D eigenvalue weighted by Crippen LogP contribution is 2.23. The molecule has 6 nitrogen and oxygen atoms in total. The standard InChI is InChI=1S/C24H29N3O3.C4H10.C2H6/c1-15-10-20(8-9-21(15)12-25)19-6-4-18(5-7-19)11-16(2)27-24(29)23-13-26-17(3)22(28)14-30-23;1-3-4-2;1-2/h4-10,12,17,22-23,25-26,28H,2,11,13-14H2,1,3H3,(H,27,29);3-4H2,1-2H3;1-2H3. The average Bonchev–Trinajstić information content (AvgIpc) is 3.06. The van der Waals surface area contributed by atoms with Gasteiger partial charge in [0.2, 0.25) is 0 Å². The van der Waals surface area contributed by atoms with E-state index in [1.54, 1.807) is 0 Å². The Hall–Kier alpha value is -2.80. The van der Waals surface area contributed by atoms with Gasteiger partial charge >= 0.3 is 0 Å². The molecule has 2 aromatic rings. The Morgan fingerprint density at radius 1 is 1.17 bits per heavy atom. The first-order valence-corrected chi connectivity index (χ1v) is 13.0. The Labute approximate surface area is 217 Å². The monoisotopic (exact) mass is 495 g/mol. The lowest BCUT2D eigenvalue weighted by atomic mass is 9.98. The number of hydrogen-bond donors (Lipinski definition) is 4. The van der Waals surface area contributed by atoms with Crippen molar-refractivity contribution in [3.05, 3.63) is 71.4 Å². The highest BCUT2D eigenvalue weighted by molar-refractivity contribution is 5.83. The lowest BCUT2D eigenvalue weighted by Gasteiger charge is -2.16. The molecule has 6 heteroatoms. The number of aliphatic hydroxyl groups is 1. The fourth-order valence-electron chi connectivity index (χ4n) is 3.39. The predicted octanol–water partition coefficient (Wildman–Crippen LogP) is 5.40. The molecule has 1 amide bonds. The molecule has 36 heavy (non-hydrogen) atoms. The minimum atomic E-state index is -0.657. The number of allylic oxidation sites excluding steroid dienone is 1. The van der Waals surface area contributed by atoms with Crippen LogP contribution in [-0.2, 0) is 16.0 Å². The van der Waals surface area contributed by atoms with Gasteiger partial charge < -0.3 is 25.9 Å². The van der Waals surface area contributed by atoms with Gasteiger partial charge in [-0.2, -0.15) is 0 Å². The minimum Gasteiger partial charge on any atom is -0.389 e. The van der Waals surface area contributed by atoms with Crippen molar-refractivity contribution in [3.63, 3.8) is 0 Å². The lowest BCUT2D eigenvalue weighted by molar-refractivity contribution is -0.132. The molecule has 0 aromatic heterocycles. The number of nitrogens with one attached hydrogen (secondary N) is 3. The third-order valence-electron chi connectivity index (χ3n) is 5.89. The second kappa shape index (κ2) is 16.8. The van der Waals surface area contributed by atoms with Crippen LogP contribution in [0.15, 0.2) is 54.7 Å². The summed E-state index contributed by atoms with van der Waals surface area (Å²) in [7, 11) is 0. The van der Waals surface area contributed by atoms with E-state index in [1.165, 1.54) is 19.1 Å². The van der Waals surface area contributed by atoms with E-state index in [0.29, 0.717) is 18.7 Å². The van der Waals surface area contributed by atoms with Crippen LogP contribution in [0.25, 0.3) is 11.1 Å². The summed E-state index contributed by atoms with van der Waals surface area (Å²) in [4.78, 5) is 12.5. The highest BCUT2D eigenvalue weighted by atomic mass is 16.5. The molecule has 0 aliphatic carbocycles. The number of amides is 1. The fraction of sp³-hybridized carbons (Fsp3) is 0.467. The zero-order valence-corrected chi connectivity index (χ0v) is 22.9. The van der Waals surface area contributed by atoms with Crippen molar-refractivity contribution in [3.8, 4) is 11.1 Å². The number of rotatable bonds is 7. The van der Waals surface area contributed by atoms with Gasteiger partial charge in [-0.3, -0.25) is 4.79 Å². The summed E-state index contributed by atoms with van der Waals surface area (Å²) in [6.07, 6.45) is 3.24. The predicted molar refractivity (Wildman–Crippen MR) is 151 cm³/mol. The number of carbonyl (C=O) groups excluding carboxylic acids is 1. The summed E-state index contributed by atoms with van der Waals surface area (Å²) in [5.74, 6) is -0.257. The Bertz CT molecular complexity index is 942. The number of aliphatic hydroxyl groups excluding tert-OH is 1. The van der Waals surface area contributed by atoms with Crippen LogP contribution in [0.3, 0.4) is 0 Å². The molecule has 3 atom stereocenters. The maximum Gasteiger partial charge on any atom is 0.254 e. The number of carbonyl (C=O) groups is 1. The molecule has 1 fully saturated rings. The average molecular weight is 496 g/mol. The molecule has 198 valence electrons. The Morgan fingerprint density at radius 3 is 2.33 bits per heavy atom. The van der Waals surface area contributed by atoms with Crippen molar-refractivity contribution in [1.29, 1.82) is 5.41 Å². The van der Waals surface area contributed by atoms with Crippen molar-refractivity contribution >= 4 is 12.1 Å². The molecule has 3 unspecified atom stereocenters. The van der Waals surface area contributed by atoms with Gasteiger partial charge in [0.1, 0.15) is 6.10 Å². The van der Waals surface area contributed by atoms with E-state index in [-0.39, 0.29) is 18.6 Å². The lowest BCUT2D eigenvalue weighted by Crippen LogP contribution is -2.43. The molecule has 1 heterocycles. The summed E-state index contributed by atoms with van der Waals surface area (Å²) in [6, 6.07) is 14.1. The number of aryl methyl sites for hydroxylation is 1. The smallest absolute Gasteiger partial charge is 0.254 e. The van der Waals surface area contributed by atoms with Crippen LogP contribution in [0.2, 0.25) is 0 Å². The molecule has 1 saturated heterocycles. The molecule has 0 radical (unpaired) electrons. The molecule has 0 bridgehead atoms. The van der Waals surface area contributed by atoms with Crippen molar-refractivity contribution in [2.75, 3.05) is 13.2 Å².